The average Bonchev–Trinajstić information content (AvgIpc) is 3.23. The molecule has 0 aliphatic carbocycles. The standard InChI is InChI=1S/C34H60O8/c1-3-5-7-9-11-13-15-17-19-21-23-25-29(35)40-27-28(33-31(37)32(38)34(39)42-33)41-30(36)26-24-22-20-18-16-14-12-10-8-6-4-2/h28,32-33,38H,3-27H2,1-2H3/t28-,32?,33+/m0/s1. The summed E-state index contributed by atoms with van der Waals surface area (Å²) in [6.07, 6.45) is 21.4. The van der Waals surface area contributed by atoms with Crippen molar-refractivity contribution in [2.75, 3.05) is 6.61 Å². The molecule has 0 spiro atoms. The molecule has 1 fully saturated rings. The van der Waals surface area contributed by atoms with Gasteiger partial charge in [0, 0.05) is 12.8 Å². The third-order valence-corrected chi connectivity index (χ3v) is 8.01. The number of ketones is 1. The Balaban J connectivity index is 2.27. The highest BCUT2D eigenvalue weighted by atomic mass is 16.6. The molecule has 0 aromatic rings. The zero-order valence-electron chi connectivity index (χ0n) is 26.7. The van der Waals surface area contributed by atoms with Gasteiger partial charge in [-0.25, -0.2) is 4.79 Å². The summed E-state index contributed by atoms with van der Waals surface area (Å²) in [6, 6.07) is 0. The van der Waals surface area contributed by atoms with Crippen LogP contribution in [-0.4, -0.2) is 53.7 Å². The van der Waals surface area contributed by atoms with E-state index in [1.165, 1.54) is 89.9 Å². The summed E-state index contributed by atoms with van der Waals surface area (Å²) < 4.78 is 15.7. The lowest BCUT2D eigenvalue weighted by molar-refractivity contribution is -0.172. The van der Waals surface area contributed by atoms with Gasteiger partial charge in [-0.3, -0.25) is 14.4 Å². The SMILES string of the molecule is CCCCCCCCCCCCCC(=O)OC[C@H](OC(=O)CCCCCCCCCCCCC)[C@H]1OC(=O)C(O)C1=O. The molecule has 8 heteroatoms. The molecule has 1 rings (SSSR count). The Labute approximate surface area is 255 Å². The summed E-state index contributed by atoms with van der Waals surface area (Å²) in [4.78, 5) is 48.8. The quantitative estimate of drug-likeness (QED) is 0.0423. The Morgan fingerprint density at radius 1 is 0.643 bits per heavy atom. The van der Waals surface area contributed by atoms with Gasteiger partial charge in [-0.1, -0.05) is 142 Å². The van der Waals surface area contributed by atoms with Crippen LogP contribution < -0.4 is 0 Å². The maximum absolute atomic E-state index is 12.5. The second kappa shape index (κ2) is 25.5. The Morgan fingerprint density at radius 3 is 1.40 bits per heavy atom. The Hall–Kier alpha value is -1.96. The fourth-order valence-electron chi connectivity index (χ4n) is 5.30. The Bertz CT molecular complexity index is 737. The molecule has 42 heavy (non-hydrogen) atoms. The van der Waals surface area contributed by atoms with Crippen LogP contribution in [0.2, 0.25) is 0 Å². The first-order valence-electron chi connectivity index (χ1n) is 17.2. The van der Waals surface area contributed by atoms with Crippen LogP contribution in [0, 0.1) is 0 Å². The Morgan fingerprint density at radius 2 is 1.02 bits per heavy atom. The number of carbonyl (C=O) groups is 4. The van der Waals surface area contributed by atoms with E-state index in [-0.39, 0.29) is 12.8 Å². The number of cyclic esters (lactones) is 1. The fourth-order valence-corrected chi connectivity index (χ4v) is 5.30. The van der Waals surface area contributed by atoms with Crippen molar-refractivity contribution in [3.63, 3.8) is 0 Å². The van der Waals surface area contributed by atoms with Crippen LogP contribution in [0.3, 0.4) is 0 Å². The number of hydrogen-bond acceptors (Lipinski definition) is 8. The summed E-state index contributed by atoms with van der Waals surface area (Å²) in [5, 5.41) is 9.71. The molecule has 0 amide bonds. The second-order valence-electron chi connectivity index (χ2n) is 11.9. The molecule has 0 bridgehead atoms. The fraction of sp³-hybridized carbons (Fsp3) is 0.882. The van der Waals surface area contributed by atoms with Crippen molar-refractivity contribution in [1.29, 1.82) is 0 Å². The number of rotatable bonds is 28. The van der Waals surface area contributed by atoms with Crippen LogP contribution in [0.1, 0.15) is 168 Å². The van der Waals surface area contributed by atoms with Gasteiger partial charge in [0.2, 0.25) is 18.0 Å². The van der Waals surface area contributed by atoms with E-state index in [2.05, 4.69) is 13.8 Å². The molecule has 1 N–H and O–H groups in total. The van der Waals surface area contributed by atoms with Crippen molar-refractivity contribution < 1.29 is 38.5 Å². The molecule has 1 saturated heterocycles. The van der Waals surface area contributed by atoms with Crippen LogP contribution >= 0.6 is 0 Å². The number of unbranched alkanes of at least 4 members (excludes halogenated alkanes) is 20. The zero-order chi connectivity index (χ0) is 30.8. The minimum atomic E-state index is -1.91. The van der Waals surface area contributed by atoms with Crippen molar-refractivity contribution in [2.24, 2.45) is 0 Å². The molecular formula is C34H60O8. The van der Waals surface area contributed by atoms with E-state index < -0.39 is 48.6 Å². The third kappa shape index (κ3) is 18.6. The number of aliphatic hydroxyl groups is 1. The van der Waals surface area contributed by atoms with Crippen LogP contribution in [0.25, 0.3) is 0 Å². The van der Waals surface area contributed by atoms with Gasteiger partial charge in [0.25, 0.3) is 0 Å². The minimum Gasteiger partial charge on any atom is -0.462 e. The van der Waals surface area contributed by atoms with Crippen molar-refractivity contribution >= 4 is 23.7 Å². The number of hydrogen-bond donors (Lipinski definition) is 1. The predicted molar refractivity (Wildman–Crippen MR) is 164 cm³/mol. The molecule has 0 saturated carbocycles. The highest BCUT2D eigenvalue weighted by Gasteiger charge is 2.48. The van der Waals surface area contributed by atoms with E-state index in [0.29, 0.717) is 12.8 Å². The smallest absolute Gasteiger partial charge is 0.343 e. The number of aliphatic hydroxyl groups excluding tert-OH is 1. The molecule has 8 nitrogen and oxygen atoms in total. The number of ether oxygens (including phenoxy) is 3. The van der Waals surface area contributed by atoms with Gasteiger partial charge in [-0.2, -0.15) is 0 Å². The molecule has 1 aliphatic heterocycles. The lowest BCUT2D eigenvalue weighted by Gasteiger charge is -2.21. The molecule has 1 unspecified atom stereocenters. The maximum atomic E-state index is 12.5. The average molecular weight is 597 g/mol. The summed E-state index contributed by atoms with van der Waals surface area (Å²) in [6.45, 7) is 4.05. The highest BCUT2D eigenvalue weighted by molar-refractivity contribution is 6.09. The van der Waals surface area contributed by atoms with E-state index >= 15 is 0 Å². The van der Waals surface area contributed by atoms with Gasteiger partial charge in [-0.15, -0.1) is 0 Å². The second-order valence-corrected chi connectivity index (χ2v) is 11.9. The molecule has 1 heterocycles. The largest absolute Gasteiger partial charge is 0.462 e. The van der Waals surface area contributed by atoms with Crippen molar-refractivity contribution in [3.8, 4) is 0 Å². The van der Waals surface area contributed by atoms with Crippen molar-refractivity contribution in [2.45, 2.75) is 186 Å². The van der Waals surface area contributed by atoms with Crippen LogP contribution in [0.4, 0.5) is 0 Å². The zero-order valence-corrected chi connectivity index (χ0v) is 26.7. The van der Waals surface area contributed by atoms with Crippen molar-refractivity contribution in [3.05, 3.63) is 0 Å². The molecule has 0 aromatic carbocycles. The van der Waals surface area contributed by atoms with Gasteiger partial charge in [-0.05, 0) is 12.8 Å². The monoisotopic (exact) mass is 596 g/mol. The molecule has 0 radical (unpaired) electrons. The number of Topliss-reactive ketones (excluding diaryl/α,β-unsaturated/α-hetero) is 1. The maximum Gasteiger partial charge on any atom is 0.343 e. The van der Waals surface area contributed by atoms with Crippen molar-refractivity contribution in [1.82, 2.24) is 0 Å². The first kappa shape index (κ1) is 38.1. The molecular weight excluding hydrogens is 536 g/mol. The molecule has 1 aliphatic rings. The number of esters is 3. The summed E-state index contributed by atoms with van der Waals surface area (Å²) >= 11 is 0. The van der Waals surface area contributed by atoms with Crippen LogP contribution in [-0.2, 0) is 33.4 Å². The van der Waals surface area contributed by atoms with Gasteiger partial charge in [0.05, 0.1) is 0 Å². The lowest BCUT2D eigenvalue weighted by atomic mass is 10.1. The number of carbonyl (C=O) groups excluding carboxylic acids is 4. The summed E-state index contributed by atoms with van der Waals surface area (Å²) in [7, 11) is 0. The first-order valence-corrected chi connectivity index (χ1v) is 17.2. The lowest BCUT2D eigenvalue weighted by Crippen LogP contribution is -2.41. The van der Waals surface area contributed by atoms with Gasteiger partial charge in [0.15, 0.2) is 6.10 Å². The van der Waals surface area contributed by atoms with Gasteiger partial charge >= 0.3 is 17.9 Å². The normalized spacial score (nSPS) is 17.3. The van der Waals surface area contributed by atoms with E-state index in [0.717, 1.165) is 38.5 Å². The molecule has 244 valence electrons. The predicted octanol–water partition coefficient (Wildman–Crippen LogP) is 7.70. The summed E-state index contributed by atoms with van der Waals surface area (Å²) in [5.41, 5.74) is 0. The molecule has 3 atom stereocenters. The van der Waals surface area contributed by atoms with Gasteiger partial charge < -0.3 is 19.3 Å². The van der Waals surface area contributed by atoms with Crippen LogP contribution in [0.15, 0.2) is 0 Å². The summed E-state index contributed by atoms with van der Waals surface area (Å²) in [5.74, 6) is -2.95. The van der Waals surface area contributed by atoms with E-state index in [1.807, 2.05) is 0 Å². The van der Waals surface area contributed by atoms with E-state index in [9.17, 15) is 24.3 Å². The third-order valence-electron chi connectivity index (χ3n) is 8.01. The molecule has 0 aromatic heterocycles. The van der Waals surface area contributed by atoms with E-state index in [1.54, 1.807) is 0 Å². The minimum absolute atomic E-state index is 0.164. The van der Waals surface area contributed by atoms with Gasteiger partial charge in [0.1, 0.15) is 6.61 Å². The first-order chi connectivity index (χ1) is 20.4. The topological polar surface area (TPSA) is 116 Å². The van der Waals surface area contributed by atoms with E-state index in [4.69, 9.17) is 14.2 Å². The van der Waals surface area contributed by atoms with Crippen LogP contribution in [0.5, 0.6) is 0 Å². The highest BCUT2D eigenvalue weighted by Crippen LogP contribution is 2.20. The Kier molecular flexibility index (Phi) is 23.1.